The summed E-state index contributed by atoms with van der Waals surface area (Å²) in [6.45, 7) is 0. The molecule has 0 saturated heterocycles. The molecule has 0 spiro atoms. The molecule has 0 aromatic heterocycles. The quantitative estimate of drug-likeness (QED) is 0.563. The van der Waals surface area contributed by atoms with Crippen LogP contribution in [0.25, 0.3) is 0 Å². The van der Waals surface area contributed by atoms with Gasteiger partial charge in [0.25, 0.3) is 0 Å². The first-order chi connectivity index (χ1) is 6.17. The van der Waals surface area contributed by atoms with Crippen LogP contribution < -0.4 is 0 Å². The molecule has 0 amide bonds. The van der Waals surface area contributed by atoms with Gasteiger partial charge in [0.2, 0.25) is 0 Å². The largest absolute Gasteiger partial charge is 0.387 e. The van der Waals surface area contributed by atoms with Gasteiger partial charge in [-0.1, -0.05) is 0 Å². The summed E-state index contributed by atoms with van der Waals surface area (Å²) in [6, 6.07) is 0. The molecule has 5 aliphatic rings. The van der Waals surface area contributed by atoms with E-state index in [2.05, 4.69) is 0 Å². The Balaban J connectivity index is 1.88. The van der Waals surface area contributed by atoms with Gasteiger partial charge in [0.15, 0.2) is 0 Å². The van der Waals surface area contributed by atoms with Crippen LogP contribution in [0.4, 0.5) is 0 Å². The predicted octanol–water partition coefficient (Wildman–Crippen LogP) is 0.384. The summed E-state index contributed by atoms with van der Waals surface area (Å²) in [6.07, 6.45) is 3.18. The molecule has 70 valence electrons. The molecule has 0 radical (unpaired) electrons. The molecule has 5 saturated carbocycles. The average Bonchev–Trinajstić information content (AvgIpc) is 2.64. The lowest BCUT2D eigenvalue weighted by Gasteiger charge is -2.59. The molecule has 5 aliphatic carbocycles. The highest BCUT2D eigenvalue weighted by molar-refractivity contribution is 5.38. The highest BCUT2D eigenvalue weighted by Gasteiger charge is 2.89. The third kappa shape index (κ3) is 0.338. The summed E-state index contributed by atoms with van der Waals surface area (Å²) in [5, 5.41) is 20.9. The third-order valence-electron chi connectivity index (χ3n) is 6.45. The zero-order chi connectivity index (χ0) is 8.59. The summed E-state index contributed by atoms with van der Waals surface area (Å²) < 4.78 is 0. The maximum Gasteiger partial charge on any atom is 0.0973 e. The molecule has 0 aromatic carbocycles. The summed E-state index contributed by atoms with van der Waals surface area (Å²) in [4.78, 5) is 0. The molecule has 0 aromatic rings. The van der Waals surface area contributed by atoms with Crippen LogP contribution in [0.5, 0.6) is 0 Å². The second kappa shape index (κ2) is 1.31. The third-order valence-corrected chi connectivity index (χ3v) is 6.45. The average molecular weight is 178 g/mol. The smallest absolute Gasteiger partial charge is 0.0973 e. The summed E-state index contributed by atoms with van der Waals surface area (Å²) in [5.74, 6) is 4.19. The Morgan fingerprint density at radius 1 is 0.769 bits per heavy atom. The lowest BCUT2D eigenvalue weighted by molar-refractivity contribution is -0.281. The summed E-state index contributed by atoms with van der Waals surface area (Å²) >= 11 is 0. The molecular weight excluding hydrogens is 164 g/mol. The van der Waals surface area contributed by atoms with Gasteiger partial charge in [-0.15, -0.1) is 0 Å². The Morgan fingerprint density at radius 3 is 1.69 bits per heavy atom. The fourth-order valence-corrected chi connectivity index (χ4v) is 6.39. The van der Waals surface area contributed by atoms with Crippen LogP contribution in [0, 0.1) is 35.5 Å². The Bertz CT molecular complexity index is 305. The van der Waals surface area contributed by atoms with Gasteiger partial charge in [0, 0.05) is 0 Å². The molecule has 8 unspecified atom stereocenters. The van der Waals surface area contributed by atoms with E-state index in [-0.39, 0.29) is 0 Å². The first-order valence-corrected chi connectivity index (χ1v) is 5.61. The van der Waals surface area contributed by atoms with Gasteiger partial charge < -0.3 is 10.2 Å². The van der Waals surface area contributed by atoms with Crippen LogP contribution in [0.2, 0.25) is 0 Å². The Kier molecular flexibility index (Phi) is 0.647. The molecule has 2 nitrogen and oxygen atoms in total. The Morgan fingerprint density at radius 2 is 1.23 bits per heavy atom. The molecule has 2 heteroatoms. The van der Waals surface area contributed by atoms with Crippen molar-refractivity contribution in [1.82, 2.24) is 0 Å². The number of aliphatic hydroxyl groups is 2. The van der Waals surface area contributed by atoms with E-state index in [1.165, 1.54) is 6.42 Å². The lowest BCUT2D eigenvalue weighted by Crippen LogP contribution is -2.71. The van der Waals surface area contributed by atoms with E-state index in [0.717, 1.165) is 36.5 Å². The van der Waals surface area contributed by atoms with Crippen molar-refractivity contribution in [1.29, 1.82) is 0 Å². The van der Waals surface area contributed by atoms with Gasteiger partial charge in [-0.3, -0.25) is 0 Å². The van der Waals surface area contributed by atoms with Gasteiger partial charge in [0.1, 0.15) is 0 Å². The van der Waals surface area contributed by atoms with E-state index in [0.29, 0.717) is 11.8 Å². The first-order valence-electron chi connectivity index (χ1n) is 5.61. The van der Waals surface area contributed by atoms with Crippen molar-refractivity contribution in [2.75, 3.05) is 0 Å². The van der Waals surface area contributed by atoms with Gasteiger partial charge >= 0.3 is 0 Å². The normalized spacial score (nSPS) is 85.4. The predicted molar refractivity (Wildman–Crippen MR) is 44.7 cm³/mol. The van der Waals surface area contributed by atoms with Crippen molar-refractivity contribution < 1.29 is 10.2 Å². The summed E-state index contributed by atoms with van der Waals surface area (Å²) in [7, 11) is 0. The highest BCUT2D eigenvalue weighted by Crippen LogP contribution is 2.85. The van der Waals surface area contributed by atoms with E-state index in [4.69, 9.17) is 0 Å². The molecule has 8 atom stereocenters. The first kappa shape index (κ1) is 6.41. The van der Waals surface area contributed by atoms with Crippen molar-refractivity contribution in [3.8, 4) is 0 Å². The molecule has 13 heavy (non-hydrogen) atoms. The number of fused-ring (bicyclic) bond motifs is 2. The Labute approximate surface area is 76.9 Å². The van der Waals surface area contributed by atoms with E-state index in [9.17, 15) is 10.2 Å². The van der Waals surface area contributed by atoms with Crippen LogP contribution in [-0.2, 0) is 0 Å². The second-order valence-corrected chi connectivity index (χ2v) is 6.20. The van der Waals surface area contributed by atoms with Gasteiger partial charge in [-0.2, -0.15) is 0 Å². The summed E-state index contributed by atoms with van der Waals surface area (Å²) in [5.41, 5.74) is -1.26. The fourth-order valence-electron chi connectivity index (χ4n) is 6.39. The standard InChI is InChI=1S/C11H14O2/c12-10-2-6-4-1-5-7(6)3-11(10,13)9(5)8(4)10/h4-9,12-13H,1-3H2. The van der Waals surface area contributed by atoms with Crippen LogP contribution in [-0.4, -0.2) is 21.4 Å². The van der Waals surface area contributed by atoms with Gasteiger partial charge in [0.05, 0.1) is 11.2 Å². The number of rotatable bonds is 0. The zero-order valence-electron chi connectivity index (χ0n) is 7.48. The van der Waals surface area contributed by atoms with Gasteiger partial charge in [-0.05, 0) is 54.8 Å². The number of hydrogen-bond acceptors (Lipinski definition) is 2. The van der Waals surface area contributed by atoms with E-state index >= 15 is 0 Å². The van der Waals surface area contributed by atoms with Gasteiger partial charge in [-0.25, -0.2) is 0 Å². The fraction of sp³-hybridized carbons (Fsp3) is 1.00. The Hall–Kier alpha value is -0.0800. The lowest BCUT2D eigenvalue weighted by atomic mass is 9.53. The molecule has 5 rings (SSSR count). The minimum atomic E-state index is -0.630. The van der Waals surface area contributed by atoms with Crippen LogP contribution >= 0.6 is 0 Å². The number of hydrogen-bond donors (Lipinski definition) is 2. The van der Waals surface area contributed by atoms with E-state index < -0.39 is 11.2 Å². The van der Waals surface area contributed by atoms with Crippen molar-refractivity contribution in [2.24, 2.45) is 35.5 Å². The van der Waals surface area contributed by atoms with Crippen LogP contribution in [0.1, 0.15) is 19.3 Å². The molecular formula is C11H14O2. The minimum absolute atomic E-state index is 0.506. The van der Waals surface area contributed by atoms with Crippen molar-refractivity contribution in [3.05, 3.63) is 0 Å². The SMILES string of the molecule is OC12CC3C4CC1(O)C1C4CC3C12. The van der Waals surface area contributed by atoms with Crippen molar-refractivity contribution in [2.45, 2.75) is 30.5 Å². The zero-order valence-corrected chi connectivity index (χ0v) is 7.48. The molecule has 0 heterocycles. The van der Waals surface area contributed by atoms with E-state index in [1.807, 2.05) is 0 Å². The minimum Gasteiger partial charge on any atom is -0.387 e. The monoisotopic (exact) mass is 178 g/mol. The van der Waals surface area contributed by atoms with Crippen LogP contribution in [0.15, 0.2) is 0 Å². The molecule has 5 fully saturated rings. The highest BCUT2D eigenvalue weighted by atomic mass is 16.4. The van der Waals surface area contributed by atoms with Crippen molar-refractivity contribution in [3.63, 3.8) is 0 Å². The molecule has 0 aliphatic heterocycles. The van der Waals surface area contributed by atoms with Crippen molar-refractivity contribution >= 4 is 0 Å². The van der Waals surface area contributed by atoms with Crippen LogP contribution in [0.3, 0.4) is 0 Å². The molecule has 2 bridgehead atoms. The maximum absolute atomic E-state index is 10.4. The second-order valence-electron chi connectivity index (χ2n) is 6.20. The maximum atomic E-state index is 10.4. The topological polar surface area (TPSA) is 40.5 Å². The van der Waals surface area contributed by atoms with E-state index in [1.54, 1.807) is 0 Å². The molecule has 2 N–H and O–H groups in total.